The van der Waals surface area contributed by atoms with Crippen molar-refractivity contribution in [2.24, 2.45) is 7.05 Å². The number of halogens is 3. The molecule has 0 fully saturated rings. The smallest absolute Gasteiger partial charge is 0.410 e. The molecule has 0 bridgehead atoms. The zero-order valence-corrected chi connectivity index (χ0v) is 20.1. The van der Waals surface area contributed by atoms with Gasteiger partial charge in [0, 0.05) is 38.3 Å². The van der Waals surface area contributed by atoms with Crippen LogP contribution in [-0.4, -0.2) is 57.8 Å². The number of carbonyl (C=O) groups excluding carboxylic acids is 1. The van der Waals surface area contributed by atoms with Crippen LogP contribution in [0.15, 0.2) is 30.6 Å². The van der Waals surface area contributed by atoms with Crippen LogP contribution in [0.5, 0.6) is 11.5 Å². The third-order valence-corrected chi connectivity index (χ3v) is 6.37. The molecule has 1 aliphatic heterocycles. The molecular formula is C23H27F3N6O3. The second-order valence-electron chi connectivity index (χ2n) is 8.50. The van der Waals surface area contributed by atoms with E-state index in [2.05, 4.69) is 15.5 Å². The summed E-state index contributed by atoms with van der Waals surface area (Å²) in [4.78, 5) is 14.7. The maximum Gasteiger partial charge on any atom is 0.410 e. The largest absolute Gasteiger partial charge is 0.493 e. The number of anilines is 1. The van der Waals surface area contributed by atoms with Crippen molar-refractivity contribution < 1.29 is 27.4 Å². The van der Waals surface area contributed by atoms with Gasteiger partial charge in [-0.25, -0.2) is 4.68 Å². The number of benzene rings is 1. The molecule has 0 spiro atoms. The lowest BCUT2D eigenvalue weighted by molar-refractivity contribution is -0.173. The number of methoxy groups -OCH3 is 2. The summed E-state index contributed by atoms with van der Waals surface area (Å²) in [5, 5.41) is 11.2. The second kappa shape index (κ2) is 9.16. The topological polar surface area (TPSA) is 86.4 Å². The van der Waals surface area contributed by atoms with Crippen molar-refractivity contribution in [1.29, 1.82) is 0 Å². The summed E-state index contributed by atoms with van der Waals surface area (Å²) >= 11 is 0. The number of hydrogen-bond donors (Lipinski definition) is 1. The highest BCUT2D eigenvalue weighted by Gasteiger charge is 2.47. The van der Waals surface area contributed by atoms with Gasteiger partial charge in [0.25, 0.3) is 5.91 Å². The molecule has 0 radical (unpaired) electrons. The van der Waals surface area contributed by atoms with E-state index in [4.69, 9.17) is 9.47 Å². The van der Waals surface area contributed by atoms with Crippen LogP contribution in [0.2, 0.25) is 0 Å². The van der Waals surface area contributed by atoms with E-state index in [9.17, 15) is 18.0 Å². The zero-order chi connectivity index (χ0) is 25.5. The van der Waals surface area contributed by atoms with E-state index < -0.39 is 24.2 Å². The molecule has 2 aromatic heterocycles. The SMILES string of the molecule is COc1ccc(C2CC(C(F)(F)F)n3ncc(C(=O)N(C)Cc4cnn(C)c4C)c3N2)cc1OC. The molecule has 0 saturated carbocycles. The molecule has 9 nitrogen and oxygen atoms in total. The van der Waals surface area contributed by atoms with Gasteiger partial charge in [-0.1, -0.05) is 6.07 Å². The Kier molecular flexibility index (Phi) is 6.39. The number of ether oxygens (including phenoxy) is 2. The first-order valence-electron chi connectivity index (χ1n) is 10.9. The van der Waals surface area contributed by atoms with Gasteiger partial charge in [-0.15, -0.1) is 0 Å². The molecular weight excluding hydrogens is 465 g/mol. The predicted molar refractivity (Wildman–Crippen MR) is 122 cm³/mol. The van der Waals surface area contributed by atoms with Gasteiger partial charge in [0.15, 0.2) is 17.5 Å². The fourth-order valence-electron chi connectivity index (χ4n) is 4.24. The van der Waals surface area contributed by atoms with E-state index >= 15 is 0 Å². The van der Waals surface area contributed by atoms with Crippen LogP contribution in [0.1, 0.15) is 45.7 Å². The number of aromatic nitrogens is 4. The predicted octanol–water partition coefficient (Wildman–Crippen LogP) is 3.87. The molecule has 2 atom stereocenters. The summed E-state index contributed by atoms with van der Waals surface area (Å²) in [7, 11) is 6.33. The lowest BCUT2D eigenvalue weighted by Crippen LogP contribution is -2.36. The van der Waals surface area contributed by atoms with Gasteiger partial charge in [0.05, 0.1) is 32.7 Å². The zero-order valence-electron chi connectivity index (χ0n) is 20.1. The number of aryl methyl sites for hydroxylation is 1. The fourth-order valence-corrected chi connectivity index (χ4v) is 4.24. The molecule has 3 aromatic rings. The number of amides is 1. The quantitative estimate of drug-likeness (QED) is 0.562. The lowest BCUT2D eigenvalue weighted by atomic mass is 9.96. The average Bonchev–Trinajstić information content (AvgIpc) is 3.40. The van der Waals surface area contributed by atoms with Crippen molar-refractivity contribution in [3.63, 3.8) is 0 Å². The highest BCUT2D eigenvalue weighted by Crippen LogP contribution is 2.45. The third-order valence-electron chi connectivity index (χ3n) is 6.37. The molecule has 35 heavy (non-hydrogen) atoms. The molecule has 3 heterocycles. The Balaban J connectivity index is 1.68. The number of carbonyl (C=O) groups is 1. The van der Waals surface area contributed by atoms with Gasteiger partial charge in [0.2, 0.25) is 0 Å². The molecule has 1 aromatic carbocycles. The Bertz CT molecular complexity index is 1240. The molecule has 12 heteroatoms. The van der Waals surface area contributed by atoms with Crippen molar-refractivity contribution in [3.05, 3.63) is 53.0 Å². The van der Waals surface area contributed by atoms with Crippen LogP contribution in [0.4, 0.5) is 19.0 Å². The van der Waals surface area contributed by atoms with Gasteiger partial charge in [-0.3, -0.25) is 9.48 Å². The van der Waals surface area contributed by atoms with Gasteiger partial charge in [0.1, 0.15) is 11.4 Å². The van der Waals surface area contributed by atoms with Crippen LogP contribution < -0.4 is 14.8 Å². The average molecular weight is 493 g/mol. The Morgan fingerprint density at radius 1 is 1.20 bits per heavy atom. The number of rotatable bonds is 6. The van der Waals surface area contributed by atoms with Crippen molar-refractivity contribution in [1.82, 2.24) is 24.5 Å². The number of alkyl halides is 3. The number of hydrogen-bond acceptors (Lipinski definition) is 6. The lowest BCUT2D eigenvalue weighted by Gasteiger charge is -2.34. The number of fused-ring (bicyclic) bond motifs is 1. The minimum atomic E-state index is -4.56. The van der Waals surface area contributed by atoms with Crippen LogP contribution in [0, 0.1) is 6.92 Å². The number of nitrogens with zero attached hydrogens (tertiary/aromatic N) is 5. The van der Waals surface area contributed by atoms with Gasteiger partial charge in [-0.2, -0.15) is 23.4 Å². The highest BCUT2D eigenvalue weighted by molar-refractivity contribution is 5.98. The van der Waals surface area contributed by atoms with Gasteiger partial charge >= 0.3 is 6.18 Å². The molecule has 1 amide bonds. The Morgan fingerprint density at radius 2 is 1.91 bits per heavy atom. The Labute approximate surface area is 200 Å². The molecule has 1 aliphatic rings. The van der Waals surface area contributed by atoms with Crippen molar-refractivity contribution in [3.8, 4) is 11.5 Å². The molecule has 188 valence electrons. The molecule has 0 saturated heterocycles. The maximum absolute atomic E-state index is 14.0. The van der Waals surface area contributed by atoms with Crippen LogP contribution in [0.3, 0.4) is 0 Å². The third kappa shape index (κ3) is 4.52. The first-order valence-corrected chi connectivity index (χ1v) is 10.9. The molecule has 1 N–H and O–H groups in total. The van der Waals surface area contributed by atoms with Crippen molar-refractivity contribution in [2.45, 2.75) is 38.1 Å². The van der Waals surface area contributed by atoms with Crippen LogP contribution in [0.25, 0.3) is 0 Å². The molecule has 2 unspecified atom stereocenters. The summed E-state index contributed by atoms with van der Waals surface area (Å²) < 4.78 is 55.2. The number of nitrogens with one attached hydrogen (secondary N) is 1. The first-order chi connectivity index (χ1) is 16.5. The van der Waals surface area contributed by atoms with Gasteiger partial charge in [-0.05, 0) is 24.6 Å². The monoisotopic (exact) mass is 492 g/mol. The normalized spacial score (nSPS) is 17.5. The van der Waals surface area contributed by atoms with Crippen LogP contribution >= 0.6 is 0 Å². The summed E-state index contributed by atoms with van der Waals surface area (Å²) in [6.45, 7) is 2.14. The standard InChI is InChI=1S/C23H27F3N6O3/c1-13-15(10-27-31(13)3)12-30(2)22(33)16-11-28-32-20(23(24,25)26)9-17(29-21(16)32)14-6-7-18(34-4)19(8-14)35-5/h6-8,10-11,17,20,29H,9,12H2,1-5H3. The molecule has 4 rings (SSSR count). The van der Waals surface area contributed by atoms with E-state index in [1.165, 1.54) is 25.3 Å². The minimum Gasteiger partial charge on any atom is -0.493 e. The Morgan fingerprint density at radius 3 is 2.51 bits per heavy atom. The van der Waals surface area contributed by atoms with E-state index in [1.807, 2.05) is 6.92 Å². The second-order valence-corrected chi connectivity index (χ2v) is 8.50. The van der Waals surface area contributed by atoms with Crippen molar-refractivity contribution in [2.75, 3.05) is 26.6 Å². The summed E-state index contributed by atoms with van der Waals surface area (Å²) in [5.74, 6) is 0.444. The van der Waals surface area contributed by atoms with E-state index in [0.717, 1.165) is 15.9 Å². The minimum absolute atomic E-state index is 0.0260. The Hall–Kier alpha value is -3.70. The van der Waals surface area contributed by atoms with E-state index in [0.29, 0.717) is 17.1 Å². The summed E-state index contributed by atoms with van der Waals surface area (Å²) in [6.07, 6.45) is -2.01. The molecule has 0 aliphatic carbocycles. The van der Waals surface area contributed by atoms with Gasteiger partial charge < -0.3 is 19.7 Å². The summed E-state index contributed by atoms with van der Waals surface area (Å²) in [5.41, 5.74) is 2.37. The highest BCUT2D eigenvalue weighted by atomic mass is 19.4. The maximum atomic E-state index is 14.0. The first kappa shape index (κ1) is 24.4. The van der Waals surface area contributed by atoms with E-state index in [1.54, 1.807) is 43.2 Å². The van der Waals surface area contributed by atoms with E-state index in [-0.39, 0.29) is 24.3 Å². The van der Waals surface area contributed by atoms with Crippen molar-refractivity contribution >= 4 is 11.7 Å². The fraction of sp³-hybridized carbons (Fsp3) is 0.435. The van der Waals surface area contributed by atoms with Crippen LogP contribution in [-0.2, 0) is 13.6 Å². The summed E-state index contributed by atoms with van der Waals surface area (Å²) in [6, 6.07) is 2.32.